The third-order valence-corrected chi connectivity index (χ3v) is 2.61. The van der Waals surface area contributed by atoms with Crippen LogP contribution in [0.5, 0.6) is 0 Å². The van der Waals surface area contributed by atoms with E-state index in [1.54, 1.807) is 5.41 Å². The van der Waals surface area contributed by atoms with E-state index in [2.05, 4.69) is 0 Å². The van der Waals surface area contributed by atoms with E-state index in [4.69, 9.17) is 0 Å². The molecule has 0 saturated carbocycles. The molecule has 0 amide bonds. The van der Waals surface area contributed by atoms with Gasteiger partial charge in [-0.05, 0) is 18.6 Å². The van der Waals surface area contributed by atoms with Gasteiger partial charge in [-0.3, -0.25) is 0 Å². The van der Waals surface area contributed by atoms with Crippen molar-refractivity contribution >= 4 is 10.8 Å². The Bertz CT molecular complexity index is 277. The summed E-state index contributed by atoms with van der Waals surface area (Å²) >= 11 is 0. The van der Waals surface area contributed by atoms with E-state index in [9.17, 15) is 4.21 Å². The topological polar surface area (TPSA) is 17.1 Å². The largest absolute Gasteiger partial charge is 0.250 e. The smallest absolute Gasteiger partial charge is 0.0772 e. The van der Waals surface area contributed by atoms with Crippen LogP contribution in [-0.2, 0) is 10.8 Å². The Morgan fingerprint density at radius 3 is 2.58 bits per heavy atom. The molecule has 0 unspecified atom stereocenters. The van der Waals surface area contributed by atoms with Crippen LogP contribution in [0.3, 0.4) is 0 Å². The third kappa shape index (κ3) is 2.62. The predicted octanol–water partition coefficient (Wildman–Crippen LogP) is 2.72. The normalized spacial score (nSPS) is 13.4. The maximum absolute atomic E-state index is 11.4. The van der Waals surface area contributed by atoms with E-state index in [0.29, 0.717) is 0 Å². The van der Waals surface area contributed by atoms with Crippen LogP contribution < -0.4 is 0 Å². The van der Waals surface area contributed by atoms with Crippen LogP contribution >= 0.6 is 0 Å². The summed E-state index contributed by atoms with van der Waals surface area (Å²) in [5, 5.41) is 1.73. The summed E-state index contributed by atoms with van der Waals surface area (Å²) in [5.41, 5.74) is 0. The van der Waals surface area contributed by atoms with Crippen molar-refractivity contribution in [3.63, 3.8) is 0 Å². The minimum Gasteiger partial charge on any atom is -0.250 e. The zero-order valence-corrected chi connectivity index (χ0v) is 7.88. The minimum atomic E-state index is -0.964. The highest BCUT2D eigenvalue weighted by atomic mass is 32.2. The third-order valence-electron chi connectivity index (χ3n) is 1.43. The van der Waals surface area contributed by atoms with E-state index < -0.39 is 10.8 Å². The van der Waals surface area contributed by atoms with Gasteiger partial charge in [0, 0.05) is 10.3 Å². The summed E-state index contributed by atoms with van der Waals surface area (Å²) in [4.78, 5) is 0.863. The van der Waals surface area contributed by atoms with Crippen molar-refractivity contribution in [1.29, 1.82) is 0 Å². The lowest BCUT2D eigenvalue weighted by molar-refractivity contribution is 0.688. The van der Waals surface area contributed by atoms with Gasteiger partial charge >= 0.3 is 0 Å². The molecule has 1 rings (SSSR count). The van der Waals surface area contributed by atoms with E-state index in [1.165, 1.54) is 0 Å². The van der Waals surface area contributed by atoms with Gasteiger partial charge < -0.3 is 0 Å². The molecule has 0 aliphatic carbocycles. The molecule has 1 aromatic carbocycles. The number of benzene rings is 1. The Kier molecular flexibility index (Phi) is 3.74. The summed E-state index contributed by atoms with van der Waals surface area (Å²) in [5.74, 6) is 0. The SMILES string of the molecule is CCC=C[S@@](=O)c1ccccc1. The quantitative estimate of drug-likeness (QED) is 0.699. The first kappa shape index (κ1) is 9.20. The van der Waals surface area contributed by atoms with E-state index in [0.717, 1.165) is 11.3 Å². The number of hydrogen-bond acceptors (Lipinski definition) is 1. The van der Waals surface area contributed by atoms with Crippen LogP contribution in [0.15, 0.2) is 46.7 Å². The molecule has 12 heavy (non-hydrogen) atoms. The van der Waals surface area contributed by atoms with Crippen LogP contribution in [0, 0.1) is 0 Å². The Morgan fingerprint density at radius 2 is 2.00 bits per heavy atom. The van der Waals surface area contributed by atoms with Crippen molar-refractivity contribution in [2.45, 2.75) is 18.2 Å². The Hall–Kier alpha value is -0.890. The molecular formula is C10H12OS. The first-order valence-corrected chi connectivity index (χ1v) is 5.18. The highest BCUT2D eigenvalue weighted by molar-refractivity contribution is 7.88. The molecule has 0 radical (unpaired) electrons. The lowest BCUT2D eigenvalue weighted by Gasteiger charge is -1.93. The molecule has 0 aliphatic heterocycles. The van der Waals surface area contributed by atoms with Crippen LogP contribution in [0.4, 0.5) is 0 Å². The van der Waals surface area contributed by atoms with Crippen LogP contribution in [0.2, 0.25) is 0 Å². The Balaban J connectivity index is 2.72. The first-order chi connectivity index (χ1) is 5.84. The molecule has 1 aromatic rings. The van der Waals surface area contributed by atoms with Crippen molar-refractivity contribution in [1.82, 2.24) is 0 Å². The second kappa shape index (κ2) is 4.88. The molecule has 0 saturated heterocycles. The number of allylic oxidation sites excluding steroid dienone is 1. The molecule has 1 nitrogen and oxygen atoms in total. The fourth-order valence-electron chi connectivity index (χ4n) is 0.817. The van der Waals surface area contributed by atoms with Crippen molar-refractivity contribution in [2.75, 3.05) is 0 Å². The van der Waals surface area contributed by atoms with Crippen molar-refractivity contribution in [3.8, 4) is 0 Å². The van der Waals surface area contributed by atoms with Crippen LogP contribution in [-0.4, -0.2) is 4.21 Å². The van der Waals surface area contributed by atoms with Gasteiger partial charge in [-0.25, -0.2) is 4.21 Å². The molecule has 0 fully saturated rings. The summed E-state index contributed by atoms with van der Waals surface area (Å²) < 4.78 is 11.4. The van der Waals surface area contributed by atoms with E-state index in [1.807, 2.05) is 43.3 Å². The fraction of sp³-hybridized carbons (Fsp3) is 0.200. The lowest BCUT2D eigenvalue weighted by Crippen LogP contribution is -1.84. The van der Waals surface area contributed by atoms with E-state index in [-0.39, 0.29) is 0 Å². The number of hydrogen-bond donors (Lipinski definition) is 0. The maximum atomic E-state index is 11.4. The zero-order chi connectivity index (χ0) is 8.81. The first-order valence-electron chi connectivity index (χ1n) is 3.97. The van der Waals surface area contributed by atoms with Gasteiger partial charge in [0.05, 0.1) is 10.8 Å². The minimum absolute atomic E-state index is 0.863. The van der Waals surface area contributed by atoms with Crippen molar-refractivity contribution < 1.29 is 4.21 Å². The molecular weight excluding hydrogens is 168 g/mol. The van der Waals surface area contributed by atoms with Gasteiger partial charge in [0.25, 0.3) is 0 Å². The lowest BCUT2D eigenvalue weighted by atomic mass is 10.4. The number of rotatable bonds is 3. The fourth-order valence-corrected chi connectivity index (χ4v) is 1.77. The maximum Gasteiger partial charge on any atom is 0.0772 e. The highest BCUT2D eigenvalue weighted by Crippen LogP contribution is 2.06. The van der Waals surface area contributed by atoms with Crippen LogP contribution in [0.1, 0.15) is 13.3 Å². The molecule has 0 aliphatic rings. The van der Waals surface area contributed by atoms with Crippen molar-refractivity contribution in [2.24, 2.45) is 0 Å². The second-order valence-electron chi connectivity index (χ2n) is 2.39. The molecule has 2 heteroatoms. The summed E-state index contributed by atoms with van der Waals surface area (Å²) in [6, 6.07) is 9.45. The highest BCUT2D eigenvalue weighted by Gasteiger charge is 1.95. The molecule has 0 spiro atoms. The van der Waals surface area contributed by atoms with Gasteiger partial charge in [0.15, 0.2) is 0 Å². The summed E-state index contributed by atoms with van der Waals surface area (Å²) in [6.07, 6.45) is 2.85. The second-order valence-corrected chi connectivity index (χ2v) is 3.73. The molecule has 1 atom stereocenters. The molecule has 0 bridgehead atoms. The monoisotopic (exact) mass is 180 g/mol. The summed E-state index contributed by atoms with van der Waals surface area (Å²) in [6.45, 7) is 2.03. The average Bonchev–Trinajstić information content (AvgIpc) is 2.15. The van der Waals surface area contributed by atoms with E-state index >= 15 is 0 Å². The van der Waals surface area contributed by atoms with Gasteiger partial charge in [0.2, 0.25) is 0 Å². The zero-order valence-electron chi connectivity index (χ0n) is 7.07. The molecule has 64 valence electrons. The van der Waals surface area contributed by atoms with Crippen LogP contribution in [0.25, 0.3) is 0 Å². The van der Waals surface area contributed by atoms with Crippen molar-refractivity contribution in [3.05, 3.63) is 41.8 Å². The van der Waals surface area contributed by atoms with Gasteiger partial charge in [0.1, 0.15) is 0 Å². The van der Waals surface area contributed by atoms with Gasteiger partial charge in [-0.1, -0.05) is 31.2 Å². The van der Waals surface area contributed by atoms with Gasteiger partial charge in [-0.15, -0.1) is 0 Å². The summed E-state index contributed by atoms with van der Waals surface area (Å²) in [7, 11) is -0.964. The molecule has 0 aromatic heterocycles. The predicted molar refractivity (Wildman–Crippen MR) is 52.3 cm³/mol. The standard InChI is InChI=1S/C10H12OS/c1-2-3-9-12(11)10-7-5-4-6-8-10/h3-9H,2H2,1H3/t12-/m1/s1. The molecule has 0 N–H and O–H groups in total. The molecule has 0 heterocycles. The van der Waals surface area contributed by atoms with Gasteiger partial charge in [-0.2, -0.15) is 0 Å². The Morgan fingerprint density at radius 1 is 1.33 bits per heavy atom. The average molecular weight is 180 g/mol. The Labute approximate surface area is 75.6 Å².